The standard InChI is InChI=1S/C15H24FN5/c1-15(2,3)20-14(18)10-4-6-21(7-5-10)13-11(16)8-19-9-12(13)17/h8-10H,4-7,17H2,1-3H3,(H2,18,20). The molecule has 0 spiro atoms. The number of hydrogen-bond donors (Lipinski definition) is 2. The minimum Gasteiger partial charge on any atom is -0.396 e. The van der Waals surface area contributed by atoms with Crippen LogP contribution in [0.1, 0.15) is 33.6 Å². The van der Waals surface area contributed by atoms with Crippen molar-refractivity contribution in [2.24, 2.45) is 16.6 Å². The number of amidine groups is 1. The van der Waals surface area contributed by atoms with Crippen molar-refractivity contribution >= 4 is 17.2 Å². The van der Waals surface area contributed by atoms with Crippen molar-refractivity contribution in [3.05, 3.63) is 18.2 Å². The number of hydrogen-bond acceptors (Lipinski definition) is 4. The molecule has 0 radical (unpaired) electrons. The highest BCUT2D eigenvalue weighted by Crippen LogP contribution is 2.30. The van der Waals surface area contributed by atoms with Crippen LogP contribution in [0.4, 0.5) is 15.8 Å². The van der Waals surface area contributed by atoms with Crippen LogP contribution in [0.5, 0.6) is 0 Å². The van der Waals surface area contributed by atoms with Crippen LogP contribution in [0, 0.1) is 11.7 Å². The number of nitrogen functional groups attached to an aromatic ring is 1. The molecule has 1 aliphatic heterocycles. The number of anilines is 2. The van der Waals surface area contributed by atoms with Crippen molar-refractivity contribution in [3.8, 4) is 0 Å². The first-order valence-electron chi connectivity index (χ1n) is 7.27. The molecule has 6 heteroatoms. The summed E-state index contributed by atoms with van der Waals surface area (Å²) in [5.74, 6) is 0.585. The highest BCUT2D eigenvalue weighted by molar-refractivity contribution is 5.83. The van der Waals surface area contributed by atoms with E-state index in [4.69, 9.17) is 11.5 Å². The summed E-state index contributed by atoms with van der Waals surface area (Å²) in [5.41, 5.74) is 12.6. The Morgan fingerprint density at radius 2 is 1.95 bits per heavy atom. The highest BCUT2D eigenvalue weighted by atomic mass is 19.1. The van der Waals surface area contributed by atoms with Gasteiger partial charge in [-0.3, -0.25) is 9.98 Å². The van der Waals surface area contributed by atoms with Gasteiger partial charge in [-0.05, 0) is 33.6 Å². The number of rotatable bonds is 2. The van der Waals surface area contributed by atoms with E-state index in [-0.39, 0.29) is 17.3 Å². The molecule has 0 aliphatic carbocycles. The van der Waals surface area contributed by atoms with Crippen LogP contribution >= 0.6 is 0 Å². The van der Waals surface area contributed by atoms with Crippen molar-refractivity contribution in [1.82, 2.24) is 4.98 Å². The monoisotopic (exact) mass is 293 g/mol. The van der Waals surface area contributed by atoms with Gasteiger partial charge in [0.05, 0.1) is 35.1 Å². The maximum atomic E-state index is 13.9. The molecule has 0 bridgehead atoms. The number of nitrogens with zero attached hydrogens (tertiary/aromatic N) is 3. The second-order valence-corrected chi connectivity index (χ2v) is 6.53. The second-order valence-electron chi connectivity index (χ2n) is 6.53. The van der Waals surface area contributed by atoms with Crippen LogP contribution in [0.15, 0.2) is 17.4 Å². The molecule has 21 heavy (non-hydrogen) atoms. The second kappa shape index (κ2) is 5.87. The van der Waals surface area contributed by atoms with Gasteiger partial charge in [0.1, 0.15) is 0 Å². The van der Waals surface area contributed by atoms with Crippen LogP contribution < -0.4 is 16.4 Å². The first kappa shape index (κ1) is 15.5. The van der Waals surface area contributed by atoms with Crippen molar-refractivity contribution in [3.63, 3.8) is 0 Å². The van der Waals surface area contributed by atoms with Gasteiger partial charge >= 0.3 is 0 Å². The molecule has 0 atom stereocenters. The molecule has 0 unspecified atom stereocenters. The van der Waals surface area contributed by atoms with Crippen molar-refractivity contribution in [2.45, 2.75) is 39.2 Å². The molecule has 1 saturated heterocycles. The van der Waals surface area contributed by atoms with Gasteiger partial charge < -0.3 is 16.4 Å². The van der Waals surface area contributed by atoms with Crippen molar-refractivity contribution in [1.29, 1.82) is 0 Å². The van der Waals surface area contributed by atoms with E-state index in [0.717, 1.165) is 25.9 Å². The number of pyridine rings is 1. The average Bonchev–Trinajstić information content (AvgIpc) is 2.37. The molecule has 2 heterocycles. The van der Waals surface area contributed by atoms with Crippen molar-refractivity contribution in [2.75, 3.05) is 23.7 Å². The summed E-state index contributed by atoms with van der Waals surface area (Å²) in [7, 11) is 0. The van der Waals surface area contributed by atoms with E-state index < -0.39 is 0 Å². The fraction of sp³-hybridized carbons (Fsp3) is 0.600. The van der Waals surface area contributed by atoms with Crippen LogP contribution in [0.3, 0.4) is 0 Å². The van der Waals surface area contributed by atoms with E-state index in [1.165, 1.54) is 12.4 Å². The lowest BCUT2D eigenvalue weighted by Gasteiger charge is -2.34. The smallest absolute Gasteiger partial charge is 0.166 e. The fourth-order valence-electron chi connectivity index (χ4n) is 2.65. The Labute approximate surface area is 125 Å². The number of aromatic nitrogens is 1. The Bertz CT molecular complexity index is 507. The van der Waals surface area contributed by atoms with Crippen LogP contribution in [0.25, 0.3) is 0 Å². The Hall–Kier alpha value is -1.85. The lowest BCUT2D eigenvalue weighted by Crippen LogP contribution is -2.40. The zero-order chi connectivity index (χ0) is 15.6. The van der Waals surface area contributed by atoms with E-state index in [1.54, 1.807) is 0 Å². The maximum Gasteiger partial charge on any atom is 0.166 e. The normalized spacial score (nSPS) is 18.1. The van der Waals surface area contributed by atoms with E-state index in [2.05, 4.69) is 9.98 Å². The third-order valence-electron chi connectivity index (χ3n) is 3.60. The van der Waals surface area contributed by atoms with Gasteiger partial charge in [-0.2, -0.15) is 0 Å². The van der Waals surface area contributed by atoms with Gasteiger partial charge in [0.25, 0.3) is 0 Å². The first-order valence-corrected chi connectivity index (χ1v) is 7.27. The van der Waals surface area contributed by atoms with Gasteiger partial charge in [-0.15, -0.1) is 0 Å². The Morgan fingerprint density at radius 3 is 2.48 bits per heavy atom. The Morgan fingerprint density at radius 1 is 1.33 bits per heavy atom. The number of piperidine rings is 1. The predicted octanol–water partition coefficient (Wildman–Crippen LogP) is 2.17. The molecule has 0 saturated carbocycles. The van der Waals surface area contributed by atoms with E-state index >= 15 is 0 Å². The molecule has 0 aromatic carbocycles. The zero-order valence-corrected chi connectivity index (χ0v) is 12.9. The molecular formula is C15H24FN5. The third-order valence-corrected chi connectivity index (χ3v) is 3.60. The minimum atomic E-state index is -0.371. The molecule has 0 amide bonds. The molecule has 1 fully saturated rings. The first-order chi connectivity index (χ1) is 9.78. The summed E-state index contributed by atoms with van der Waals surface area (Å²) in [4.78, 5) is 10.3. The quantitative estimate of drug-likeness (QED) is 0.647. The molecule has 116 valence electrons. The summed E-state index contributed by atoms with van der Waals surface area (Å²) in [6, 6.07) is 0. The summed E-state index contributed by atoms with van der Waals surface area (Å²) < 4.78 is 13.9. The van der Waals surface area contributed by atoms with Gasteiger partial charge in [-0.1, -0.05) is 0 Å². The lowest BCUT2D eigenvalue weighted by atomic mass is 9.94. The Balaban J connectivity index is 2.06. The predicted molar refractivity (Wildman–Crippen MR) is 84.9 cm³/mol. The summed E-state index contributed by atoms with van der Waals surface area (Å²) in [5, 5.41) is 0. The molecule has 5 nitrogen and oxygen atoms in total. The Kier molecular flexibility index (Phi) is 4.34. The maximum absolute atomic E-state index is 13.9. The molecule has 2 rings (SSSR count). The highest BCUT2D eigenvalue weighted by Gasteiger charge is 2.25. The van der Waals surface area contributed by atoms with Gasteiger partial charge in [0.2, 0.25) is 0 Å². The van der Waals surface area contributed by atoms with E-state index in [9.17, 15) is 4.39 Å². The number of halogens is 1. The van der Waals surface area contributed by atoms with Crippen LogP contribution in [-0.4, -0.2) is 29.4 Å². The van der Waals surface area contributed by atoms with E-state index in [0.29, 0.717) is 17.2 Å². The number of nitrogens with two attached hydrogens (primary N) is 2. The van der Waals surface area contributed by atoms with Gasteiger partial charge in [-0.25, -0.2) is 4.39 Å². The lowest BCUT2D eigenvalue weighted by molar-refractivity contribution is 0.482. The topological polar surface area (TPSA) is 80.5 Å². The molecule has 4 N–H and O–H groups in total. The average molecular weight is 293 g/mol. The SMILES string of the molecule is CC(C)(C)N=C(N)C1CCN(c2c(N)cncc2F)CC1. The molecule has 1 aromatic heterocycles. The third kappa shape index (κ3) is 3.83. The minimum absolute atomic E-state index is 0.164. The van der Waals surface area contributed by atoms with Crippen LogP contribution in [0.2, 0.25) is 0 Å². The largest absolute Gasteiger partial charge is 0.396 e. The molecule has 1 aliphatic rings. The van der Waals surface area contributed by atoms with Crippen molar-refractivity contribution < 1.29 is 4.39 Å². The molecular weight excluding hydrogens is 269 g/mol. The fourth-order valence-corrected chi connectivity index (χ4v) is 2.65. The van der Waals surface area contributed by atoms with Gasteiger partial charge in [0, 0.05) is 19.0 Å². The van der Waals surface area contributed by atoms with E-state index in [1.807, 2.05) is 25.7 Å². The van der Waals surface area contributed by atoms with Gasteiger partial charge in [0.15, 0.2) is 5.82 Å². The van der Waals surface area contributed by atoms with Crippen LogP contribution in [-0.2, 0) is 0 Å². The summed E-state index contributed by atoms with van der Waals surface area (Å²) >= 11 is 0. The molecule has 1 aromatic rings. The number of aliphatic imine (C=N–C) groups is 1. The summed E-state index contributed by atoms with van der Waals surface area (Å²) in [6.07, 6.45) is 4.40. The zero-order valence-electron chi connectivity index (χ0n) is 12.9. The summed E-state index contributed by atoms with van der Waals surface area (Å²) in [6.45, 7) is 7.53.